The van der Waals surface area contributed by atoms with Crippen LogP contribution in [-0.2, 0) is 19.6 Å². The van der Waals surface area contributed by atoms with E-state index in [9.17, 15) is 18.0 Å². The summed E-state index contributed by atoms with van der Waals surface area (Å²) in [4.78, 5) is 26.0. The number of morpholine rings is 1. The lowest BCUT2D eigenvalue weighted by Gasteiger charge is -2.26. The van der Waals surface area contributed by atoms with Crippen LogP contribution < -0.4 is 15.0 Å². The first-order valence-corrected chi connectivity index (χ1v) is 10.8. The molecule has 158 valence electrons. The highest BCUT2D eigenvalue weighted by Crippen LogP contribution is 2.33. The molecule has 4 rings (SSSR count). The number of likely N-dealkylation sites (N-methyl/N-ethyl adjacent to an activating group) is 1. The fourth-order valence-corrected chi connectivity index (χ4v) is 4.68. The van der Waals surface area contributed by atoms with Gasteiger partial charge in [-0.1, -0.05) is 0 Å². The number of ether oxygens (including phenoxy) is 2. The Morgan fingerprint density at radius 2 is 1.77 bits per heavy atom. The first-order chi connectivity index (χ1) is 14.4. The minimum Gasteiger partial charge on any atom is -0.482 e. The third kappa shape index (κ3) is 3.89. The van der Waals surface area contributed by atoms with Crippen molar-refractivity contribution in [1.82, 2.24) is 4.31 Å². The van der Waals surface area contributed by atoms with Crippen LogP contribution in [0.2, 0.25) is 0 Å². The molecule has 0 aliphatic carbocycles. The molecule has 0 radical (unpaired) electrons. The fourth-order valence-electron chi connectivity index (χ4n) is 3.27. The Kier molecular flexibility index (Phi) is 5.46. The van der Waals surface area contributed by atoms with Gasteiger partial charge in [0.05, 0.1) is 23.8 Å². The maximum atomic E-state index is 12.7. The third-order valence-electron chi connectivity index (χ3n) is 5.03. The summed E-state index contributed by atoms with van der Waals surface area (Å²) in [6.45, 7) is 1.33. The topological polar surface area (TPSA) is 105 Å². The van der Waals surface area contributed by atoms with Crippen LogP contribution in [0.4, 0.5) is 11.4 Å². The molecule has 0 bridgehead atoms. The Balaban J connectivity index is 1.49. The lowest BCUT2D eigenvalue weighted by Crippen LogP contribution is -2.40. The number of anilines is 2. The van der Waals surface area contributed by atoms with Gasteiger partial charge in [0.15, 0.2) is 6.61 Å². The maximum Gasteiger partial charge on any atom is 0.264 e. The van der Waals surface area contributed by atoms with Gasteiger partial charge in [0.1, 0.15) is 5.75 Å². The molecule has 2 heterocycles. The van der Waals surface area contributed by atoms with E-state index in [4.69, 9.17) is 9.47 Å². The highest BCUT2D eigenvalue weighted by molar-refractivity contribution is 7.89. The van der Waals surface area contributed by atoms with Gasteiger partial charge < -0.3 is 19.7 Å². The van der Waals surface area contributed by atoms with Crippen molar-refractivity contribution >= 4 is 33.2 Å². The summed E-state index contributed by atoms with van der Waals surface area (Å²) in [5.41, 5.74) is 1.37. The Labute approximate surface area is 174 Å². The van der Waals surface area contributed by atoms with Crippen LogP contribution >= 0.6 is 0 Å². The first kappa shape index (κ1) is 20.3. The van der Waals surface area contributed by atoms with Gasteiger partial charge in [0, 0.05) is 31.4 Å². The van der Waals surface area contributed by atoms with Crippen molar-refractivity contribution in [1.29, 1.82) is 0 Å². The van der Waals surface area contributed by atoms with Gasteiger partial charge in [0.25, 0.3) is 11.8 Å². The smallest absolute Gasteiger partial charge is 0.264 e. The third-order valence-corrected chi connectivity index (χ3v) is 6.94. The molecule has 1 saturated heterocycles. The zero-order chi connectivity index (χ0) is 21.3. The summed E-state index contributed by atoms with van der Waals surface area (Å²) in [6.07, 6.45) is 0. The van der Waals surface area contributed by atoms with Crippen LogP contribution in [0.5, 0.6) is 5.75 Å². The monoisotopic (exact) mass is 431 g/mol. The average Bonchev–Trinajstić information content (AvgIpc) is 2.77. The van der Waals surface area contributed by atoms with E-state index in [-0.39, 0.29) is 17.4 Å². The van der Waals surface area contributed by atoms with Crippen molar-refractivity contribution < 1.29 is 27.5 Å². The number of sulfonamides is 1. The Bertz CT molecular complexity index is 1080. The van der Waals surface area contributed by atoms with Crippen molar-refractivity contribution in [2.75, 3.05) is 50.2 Å². The first-order valence-electron chi connectivity index (χ1n) is 9.39. The molecule has 2 aliphatic rings. The molecule has 2 aliphatic heterocycles. The number of hydrogen-bond acceptors (Lipinski definition) is 6. The van der Waals surface area contributed by atoms with Crippen molar-refractivity contribution in [3.8, 4) is 5.75 Å². The number of benzene rings is 2. The van der Waals surface area contributed by atoms with Crippen LogP contribution in [0.15, 0.2) is 47.4 Å². The molecular weight excluding hydrogens is 410 g/mol. The normalized spacial score (nSPS) is 17.2. The summed E-state index contributed by atoms with van der Waals surface area (Å²) in [7, 11) is -1.97. The van der Waals surface area contributed by atoms with Gasteiger partial charge in [0.2, 0.25) is 10.0 Å². The predicted octanol–water partition coefficient (Wildman–Crippen LogP) is 1.31. The van der Waals surface area contributed by atoms with E-state index in [0.29, 0.717) is 49.0 Å². The van der Waals surface area contributed by atoms with E-state index in [1.54, 1.807) is 25.2 Å². The molecule has 1 N–H and O–H groups in total. The van der Waals surface area contributed by atoms with E-state index >= 15 is 0 Å². The minimum absolute atomic E-state index is 0.0189. The number of hydrogen-bond donors (Lipinski definition) is 1. The Morgan fingerprint density at radius 3 is 2.47 bits per heavy atom. The quantitative estimate of drug-likeness (QED) is 0.783. The number of amides is 2. The molecule has 0 spiro atoms. The number of fused-ring (bicyclic) bond motifs is 1. The second kappa shape index (κ2) is 8.05. The molecule has 10 heteroatoms. The fraction of sp³-hybridized carbons (Fsp3) is 0.300. The maximum absolute atomic E-state index is 12.7. The SMILES string of the molecule is CN1C(=O)COc2ccc(NC(=O)c3ccc(S(=O)(=O)N4CCOCC4)cc3)cc21. The molecule has 30 heavy (non-hydrogen) atoms. The van der Waals surface area contributed by atoms with Gasteiger partial charge in [-0.15, -0.1) is 0 Å². The van der Waals surface area contributed by atoms with Crippen LogP contribution in [0.1, 0.15) is 10.4 Å². The summed E-state index contributed by atoms with van der Waals surface area (Å²) >= 11 is 0. The van der Waals surface area contributed by atoms with E-state index < -0.39 is 15.9 Å². The largest absolute Gasteiger partial charge is 0.482 e. The van der Waals surface area contributed by atoms with Crippen LogP contribution in [0.25, 0.3) is 0 Å². The summed E-state index contributed by atoms with van der Waals surface area (Å²) in [5, 5.41) is 2.76. The molecule has 0 unspecified atom stereocenters. The van der Waals surface area contributed by atoms with E-state index in [2.05, 4.69) is 5.32 Å². The second-order valence-electron chi connectivity index (χ2n) is 6.92. The van der Waals surface area contributed by atoms with Crippen LogP contribution in [-0.4, -0.2) is 64.5 Å². The predicted molar refractivity (Wildman–Crippen MR) is 109 cm³/mol. The average molecular weight is 431 g/mol. The molecule has 9 nitrogen and oxygen atoms in total. The van der Waals surface area contributed by atoms with Crippen molar-refractivity contribution in [3.05, 3.63) is 48.0 Å². The van der Waals surface area contributed by atoms with Crippen LogP contribution in [0, 0.1) is 0 Å². The highest BCUT2D eigenvalue weighted by atomic mass is 32.2. The van der Waals surface area contributed by atoms with E-state index in [1.165, 1.54) is 33.5 Å². The molecule has 0 atom stereocenters. The summed E-state index contributed by atoms with van der Waals surface area (Å²) < 4.78 is 37.3. The molecule has 2 aromatic carbocycles. The van der Waals surface area contributed by atoms with Gasteiger partial charge in [-0.05, 0) is 42.5 Å². The minimum atomic E-state index is -3.61. The lowest BCUT2D eigenvalue weighted by molar-refractivity contribution is -0.120. The van der Waals surface area contributed by atoms with Gasteiger partial charge in [-0.3, -0.25) is 9.59 Å². The zero-order valence-electron chi connectivity index (χ0n) is 16.3. The molecule has 0 aromatic heterocycles. The molecular formula is C20H21N3O6S. The van der Waals surface area contributed by atoms with Crippen LogP contribution in [0.3, 0.4) is 0 Å². The molecule has 1 fully saturated rings. The zero-order valence-corrected chi connectivity index (χ0v) is 17.1. The number of rotatable bonds is 4. The molecule has 0 saturated carbocycles. The highest BCUT2D eigenvalue weighted by Gasteiger charge is 2.26. The molecule has 2 amide bonds. The van der Waals surface area contributed by atoms with Gasteiger partial charge >= 0.3 is 0 Å². The van der Waals surface area contributed by atoms with Crippen molar-refractivity contribution in [3.63, 3.8) is 0 Å². The second-order valence-corrected chi connectivity index (χ2v) is 8.86. The van der Waals surface area contributed by atoms with Crippen molar-refractivity contribution in [2.45, 2.75) is 4.90 Å². The summed E-state index contributed by atoms with van der Waals surface area (Å²) in [6, 6.07) is 10.8. The number of nitrogens with zero attached hydrogens (tertiary/aromatic N) is 2. The Morgan fingerprint density at radius 1 is 1.07 bits per heavy atom. The van der Waals surface area contributed by atoms with E-state index in [1.807, 2.05) is 0 Å². The Hall–Kier alpha value is -2.95. The van der Waals surface area contributed by atoms with Gasteiger partial charge in [-0.25, -0.2) is 8.42 Å². The lowest BCUT2D eigenvalue weighted by atomic mass is 10.2. The number of carbonyl (C=O) groups excluding carboxylic acids is 2. The number of carbonyl (C=O) groups is 2. The van der Waals surface area contributed by atoms with Crippen molar-refractivity contribution in [2.24, 2.45) is 0 Å². The standard InChI is InChI=1S/C20H21N3O6S/c1-22-17-12-15(4-7-18(17)29-13-19(22)24)21-20(25)14-2-5-16(6-3-14)30(26,27)23-8-10-28-11-9-23/h2-7,12H,8-11,13H2,1H3,(H,21,25). The van der Waals surface area contributed by atoms with Gasteiger partial charge in [-0.2, -0.15) is 4.31 Å². The molecule has 2 aromatic rings. The number of nitrogens with one attached hydrogen (secondary N) is 1. The summed E-state index contributed by atoms with van der Waals surface area (Å²) in [5.74, 6) is -0.00760. The van der Waals surface area contributed by atoms with E-state index in [0.717, 1.165) is 0 Å².